The van der Waals surface area contributed by atoms with Gasteiger partial charge in [-0.25, -0.2) is 18.2 Å². The molecule has 1 spiro atoms. The lowest BCUT2D eigenvalue weighted by Gasteiger charge is -2.48. The summed E-state index contributed by atoms with van der Waals surface area (Å²) in [5, 5.41) is 6.79. The van der Waals surface area contributed by atoms with E-state index in [0.717, 1.165) is 73.6 Å². The Bertz CT molecular complexity index is 2240. The molecular weight excluding hydrogens is 841 g/mol. The second-order valence-corrected chi connectivity index (χ2v) is 21.6. The number of amides is 4. The zero-order valence-electron chi connectivity index (χ0n) is 37.9. The molecule has 2 saturated heterocycles. The Balaban J connectivity index is 1.11. The Morgan fingerprint density at radius 2 is 1.86 bits per heavy atom. The van der Waals surface area contributed by atoms with Crippen LogP contribution in [0.4, 0.5) is 4.79 Å². The number of fused-ring (bicyclic) bond motifs is 5. The largest absolute Gasteiger partial charge is 0.492 e. The van der Waals surface area contributed by atoms with Crippen molar-refractivity contribution >= 4 is 44.7 Å². The summed E-state index contributed by atoms with van der Waals surface area (Å²) >= 11 is 0. The van der Waals surface area contributed by atoms with Crippen LogP contribution in [0.5, 0.6) is 11.5 Å². The lowest BCUT2D eigenvalue weighted by atomic mass is 9.65. The van der Waals surface area contributed by atoms with Crippen LogP contribution in [0.2, 0.25) is 0 Å². The molecule has 16 nitrogen and oxygen atoms in total. The molecule has 8 rings (SSSR count). The van der Waals surface area contributed by atoms with Gasteiger partial charge in [0.2, 0.25) is 21.8 Å². The van der Waals surface area contributed by atoms with Crippen molar-refractivity contribution in [2.24, 2.45) is 11.8 Å². The highest BCUT2D eigenvalue weighted by atomic mass is 32.2. The van der Waals surface area contributed by atoms with Crippen molar-refractivity contribution < 1.29 is 46.5 Å². The third kappa shape index (κ3) is 9.58. The highest BCUT2D eigenvalue weighted by Gasteiger charge is 2.59. The van der Waals surface area contributed by atoms with Crippen molar-refractivity contribution in [3.05, 3.63) is 41.6 Å². The minimum absolute atomic E-state index is 0.0454. The van der Waals surface area contributed by atoms with Crippen LogP contribution in [0.3, 0.4) is 0 Å². The summed E-state index contributed by atoms with van der Waals surface area (Å²) in [5.41, 5.74) is 0.0232. The van der Waals surface area contributed by atoms with Gasteiger partial charge in [-0.1, -0.05) is 45.8 Å². The molecule has 5 heterocycles. The van der Waals surface area contributed by atoms with Gasteiger partial charge in [0.05, 0.1) is 42.3 Å². The van der Waals surface area contributed by atoms with Crippen LogP contribution in [0.15, 0.2) is 30.4 Å². The van der Waals surface area contributed by atoms with Gasteiger partial charge in [0.15, 0.2) is 0 Å². The van der Waals surface area contributed by atoms with Crippen molar-refractivity contribution in [3.63, 3.8) is 0 Å². The molecule has 2 aromatic rings. The average Bonchev–Trinajstić information content (AvgIpc) is 3.94. The summed E-state index contributed by atoms with van der Waals surface area (Å²) < 4.78 is 52.5. The number of hydrogen-bond donors (Lipinski definition) is 3. The van der Waals surface area contributed by atoms with Crippen LogP contribution in [0.1, 0.15) is 110 Å². The second kappa shape index (κ2) is 18.8. The summed E-state index contributed by atoms with van der Waals surface area (Å²) in [4.78, 5) is 66.3. The van der Waals surface area contributed by atoms with E-state index in [0.29, 0.717) is 70.1 Å². The number of benzene rings is 1. The SMILES string of the molecule is CCc1nc2ccc(OCCN3CCOCC3)cc2c2c1OC1(CC2)CC2C(=O)NC3(C(=O)NS(=O)(=O)C4(C)CC4)CCC3C=CCCCCCC(NC(=O)OCC(C)C)C(=O)N2C1. The number of carbonyl (C=O) groups excluding carboxylic acids is 4. The molecule has 4 fully saturated rings. The molecule has 4 aliphatic heterocycles. The second-order valence-electron chi connectivity index (χ2n) is 19.4. The van der Waals surface area contributed by atoms with Crippen LogP contribution in [-0.2, 0) is 46.7 Å². The van der Waals surface area contributed by atoms with E-state index in [2.05, 4.69) is 20.3 Å². The Kier molecular flexibility index (Phi) is 13.5. The normalized spacial score (nSPS) is 28.4. The van der Waals surface area contributed by atoms with E-state index in [1.165, 1.54) is 4.90 Å². The minimum atomic E-state index is -4.02. The topological polar surface area (TPSA) is 195 Å². The lowest BCUT2D eigenvalue weighted by Crippen LogP contribution is -2.70. The maximum Gasteiger partial charge on any atom is 0.407 e. The van der Waals surface area contributed by atoms with Gasteiger partial charge >= 0.3 is 6.09 Å². The highest BCUT2D eigenvalue weighted by Crippen LogP contribution is 2.47. The van der Waals surface area contributed by atoms with Gasteiger partial charge in [0.25, 0.3) is 5.91 Å². The molecule has 0 radical (unpaired) electrons. The number of carbonyl (C=O) groups is 4. The number of ether oxygens (including phenoxy) is 4. The van der Waals surface area contributed by atoms with Gasteiger partial charge in [-0.05, 0) is 95.2 Å². The number of nitrogens with zero attached hydrogens (tertiary/aromatic N) is 3. The van der Waals surface area contributed by atoms with Gasteiger partial charge in [-0.3, -0.25) is 24.0 Å². The molecule has 1 aromatic carbocycles. The molecule has 3 N–H and O–H groups in total. The molecule has 0 bridgehead atoms. The number of rotatable bonds is 11. The van der Waals surface area contributed by atoms with Crippen LogP contribution in [0.25, 0.3) is 10.9 Å². The summed E-state index contributed by atoms with van der Waals surface area (Å²) in [6.45, 7) is 12.2. The van der Waals surface area contributed by atoms with Crippen molar-refractivity contribution in [2.75, 3.05) is 52.6 Å². The Labute approximate surface area is 377 Å². The first kappa shape index (κ1) is 46.1. The molecule has 4 amide bonds. The zero-order chi connectivity index (χ0) is 45.3. The van der Waals surface area contributed by atoms with E-state index < -0.39 is 67.7 Å². The maximum absolute atomic E-state index is 15.0. The van der Waals surface area contributed by atoms with E-state index in [-0.39, 0.29) is 31.9 Å². The van der Waals surface area contributed by atoms with E-state index in [1.807, 2.05) is 51.1 Å². The molecule has 17 heteroatoms. The Morgan fingerprint density at radius 3 is 2.58 bits per heavy atom. The summed E-state index contributed by atoms with van der Waals surface area (Å²) in [5.74, 6) is -0.796. The van der Waals surface area contributed by atoms with Gasteiger partial charge in [-0.2, -0.15) is 0 Å². The number of alkyl carbamates (subject to hydrolysis) is 1. The molecule has 350 valence electrons. The number of pyridine rings is 1. The van der Waals surface area contributed by atoms with Crippen LogP contribution >= 0.6 is 0 Å². The predicted molar refractivity (Wildman–Crippen MR) is 239 cm³/mol. The fourth-order valence-electron chi connectivity index (χ4n) is 9.82. The molecule has 5 atom stereocenters. The van der Waals surface area contributed by atoms with Crippen molar-refractivity contribution in [3.8, 4) is 11.5 Å². The molecule has 6 aliphatic rings. The zero-order valence-corrected chi connectivity index (χ0v) is 38.7. The number of aromatic nitrogens is 1. The first-order valence-corrected chi connectivity index (χ1v) is 25.0. The maximum atomic E-state index is 15.0. The van der Waals surface area contributed by atoms with Crippen molar-refractivity contribution in [2.45, 2.75) is 139 Å². The van der Waals surface area contributed by atoms with Gasteiger partial charge in [0, 0.05) is 42.9 Å². The van der Waals surface area contributed by atoms with Crippen molar-refractivity contribution in [1.29, 1.82) is 0 Å². The van der Waals surface area contributed by atoms with Crippen LogP contribution in [0, 0.1) is 11.8 Å². The monoisotopic (exact) mass is 906 g/mol. The molecule has 64 heavy (non-hydrogen) atoms. The lowest BCUT2D eigenvalue weighted by molar-refractivity contribution is -0.144. The third-order valence-electron chi connectivity index (χ3n) is 14.3. The number of morpholine rings is 1. The van der Waals surface area contributed by atoms with Crippen LogP contribution < -0.4 is 24.8 Å². The first-order chi connectivity index (χ1) is 30.6. The molecule has 2 aliphatic carbocycles. The number of sulfonamides is 1. The predicted octanol–water partition coefficient (Wildman–Crippen LogP) is 4.71. The standard InChI is InChI=1S/C47H66N6O10S/c1-5-36-40-34(35-27-33(13-14-37(35)48-36)61-26-23-52-21-24-60-25-22-52)16-17-46(63-40)28-39-41(54)50-47(43(56)51-64(58,59)45(4)19-20-45)18-15-32(47)11-9-7-6-8-10-12-38(42(55)53(39)30-46)49-44(57)62-29-31(2)3/h9,11,13-14,27,31-32,38-39H,5-8,10,12,15-26,28-30H2,1-4H3,(H,49,57)(H,50,54)(H,51,56). The fourth-order valence-corrected chi connectivity index (χ4v) is 11.1. The summed E-state index contributed by atoms with van der Waals surface area (Å²) in [6, 6.07) is 3.84. The van der Waals surface area contributed by atoms with E-state index in [1.54, 1.807) is 6.92 Å². The van der Waals surface area contributed by atoms with Crippen LogP contribution in [-0.4, -0.2) is 128 Å². The summed E-state index contributed by atoms with van der Waals surface area (Å²) in [6.07, 6.45) is 9.87. The molecule has 1 aromatic heterocycles. The molecule has 2 saturated carbocycles. The fraction of sp³-hybridized carbons (Fsp3) is 0.681. The smallest absolute Gasteiger partial charge is 0.407 e. The van der Waals surface area contributed by atoms with Crippen molar-refractivity contribution in [1.82, 2.24) is 30.1 Å². The number of nitrogens with one attached hydrogen (secondary N) is 3. The van der Waals surface area contributed by atoms with E-state index in [9.17, 15) is 27.6 Å². The first-order valence-electron chi connectivity index (χ1n) is 23.5. The Hall–Kier alpha value is -4.48. The number of allylic oxidation sites excluding steroid dienone is 1. The minimum Gasteiger partial charge on any atom is -0.492 e. The highest BCUT2D eigenvalue weighted by molar-refractivity contribution is 7.91. The summed E-state index contributed by atoms with van der Waals surface area (Å²) in [7, 11) is -4.02. The molecule has 5 unspecified atom stereocenters. The van der Waals surface area contributed by atoms with E-state index >= 15 is 0 Å². The quantitative estimate of drug-likeness (QED) is 0.264. The van der Waals surface area contributed by atoms with Gasteiger partial charge in [-0.15, -0.1) is 0 Å². The number of aryl methyl sites for hydroxylation is 2. The Morgan fingerprint density at radius 1 is 1.06 bits per heavy atom. The number of hydrogen-bond acceptors (Lipinski definition) is 12. The molecular formula is C47H66N6O10S. The average molecular weight is 907 g/mol. The van der Waals surface area contributed by atoms with Gasteiger partial charge in [0.1, 0.15) is 41.3 Å². The van der Waals surface area contributed by atoms with Gasteiger partial charge < -0.3 is 34.5 Å². The van der Waals surface area contributed by atoms with E-state index in [4.69, 9.17) is 23.9 Å². The third-order valence-corrected chi connectivity index (χ3v) is 16.4.